The zero-order valence-corrected chi connectivity index (χ0v) is 16.0. The molecule has 0 fully saturated rings. The third-order valence-electron chi connectivity index (χ3n) is 3.98. The van der Waals surface area contributed by atoms with Crippen LogP contribution in [0.1, 0.15) is 30.9 Å². The lowest BCUT2D eigenvalue weighted by atomic mass is 10.0. The molecule has 0 saturated carbocycles. The molecule has 144 valence electrons. The van der Waals surface area contributed by atoms with E-state index >= 15 is 0 Å². The van der Waals surface area contributed by atoms with E-state index in [4.69, 9.17) is 9.47 Å². The van der Waals surface area contributed by atoms with Crippen molar-refractivity contribution in [2.24, 2.45) is 0 Å². The van der Waals surface area contributed by atoms with Gasteiger partial charge >= 0.3 is 0 Å². The number of hydrogen-bond donors (Lipinski definition) is 2. The minimum absolute atomic E-state index is 0.171. The summed E-state index contributed by atoms with van der Waals surface area (Å²) in [5.41, 5.74) is 2.86. The number of nitrogens with one attached hydrogen (secondary N) is 2. The molecule has 0 aliphatic rings. The third kappa shape index (κ3) is 7.11. The zero-order chi connectivity index (χ0) is 19.6. The van der Waals surface area contributed by atoms with Crippen molar-refractivity contribution in [2.45, 2.75) is 26.3 Å². The first-order valence-corrected chi connectivity index (χ1v) is 8.85. The standard InChI is InChI=1S/C21H26N2O4/c1-15(2)17-6-8-18(9-7-17)23-21(25)14-27-13-20(24)22-12-16-4-10-19(26-3)11-5-16/h4-11,15H,12-14H2,1-3H3,(H,22,24)(H,23,25). The number of hydrogen-bond acceptors (Lipinski definition) is 4. The average molecular weight is 370 g/mol. The van der Waals surface area contributed by atoms with E-state index < -0.39 is 0 Å². The summed E-state index contributed by atoms with van der Waals surface area (Å²) in [7, 11) is 1.60. The van der Waals surface area contributed by atoms with Gasteiger partial charge in [-0.25, -0.2) is 0 Å². The molecule has 0 bridgehead atoms. The van der Waals surface area contributed by atoms with Crippen molar-refractivity contribution in [3.63, 3.8) is 0 Å². The van der Waals surface area contributed by atoms with Gasteiger partial charge in [0.05, 0.1) is 7.11 Å². The smallest absolute Gasteiger partial charge is 0.250 e. The lowest BCUT2D eigenvalue weighted by molar-refractivity contribution is -0.128. The van der Waals surface area contributed by atoms with Gasteiger partial charge in [0.2, 0.25) is 11.8 Å². The monoisotopic (exact) mass is 370 g/mol. The number of carbonyl (C=O) groups excluding carboxylic acids is 2. The van der Waals surface area contributed by atoms with Crippen LogP contribution in [0.15, 0.2) is 48.5 Å². The topological polar surface area (TPSA) is 76.7 Å². The lowest BCUT2D eigenvalue weighted by Crippen LogP contribution is -2.29. The molecule has 2 aromatic rings. The Balaban J connectivity index is 1.65. The van der Waals surface area contributed by atoms with Crippen LogP contribution in [-0.2, 0) is 20.9 Å². The number of carbonyl (C=O) groups is 2. The van der Waals surface area contributed by atoms with Crippen molar-refractivity contribution in [3.8, 4) is 5.75 Å². The Morgan fingerprint density at radius 2 is 1.56 bits per heavy atom. The van der Waals surface area contributed by atoms with Crippen LogP contribution in [0.5, 0.6) is 5.75 Å². The second-order valence-electron chi connectivity index (χ2n) is 6.44. The summed E-state index contributed by atoms with van der Waals surface area (Å²) >= 11 is 0. The second kappa shape index (κ2) is 10.3. The Hall–Kier alpha value is -2.86. The number of methoxy groups -OCH3 is 1. The molecule has 0 unspecified atom stereocenters. The maximum Gasteiger partial charge on any atom is 0.250 e. The molecule has 2 rings (SSSR count). The van der Waals surface area contributed by atoms with Gasteiger partial charge in [0, 0.05) is 12.2 Å². The van der Waals surface area contributed by atoms with Crippen LogP contribution in [-0.4, -0.2) is 32.1 Å². The molecule has 27 heavy (non-hydrogen) atoms. The van der Waals surface area contributed by atoms with E-state index in [1.54, 1.807) is 7.11 Å². The summed E-state index contributed by atoms with van der Waals surface area (Å²) in [5, 5.41) is 5.48. The molecule has 0 radical (unpaired) electrons. The van der Waals surface area contributed by atoms with Gasteiger partial charge in [-0.2, -0.15) is 0 Å². The maximum atomic E-state index is 11.9. The SMILES string of the molecule is COc1ccc(CNC(=O)COCC(=O)Nc2ccc(C(C)C)cc2)cc1. The van der Waals surface area contributed by atoms with Gasteiger partial charge < -0.3 is 20.1 Å². The van der Waals surface area contributed by atoms with Gasteiger partial charge in [-0.3, -0.25) is 9.59 Å². The van der Waals surface area contributed by atoms with Gasteiger partial charge in [-0.15, -0.1) is 0 Å². The van der Waals surface area contributed by atoms with Crippen LogP contribution in [0.3, 0.4) is 0 Å². The van der Waals surface area contributed by atoms with Crippen LogP contribution in [0.4, 0.5) is 5.69 Å². The normalized spacial score (nSPS) is 10.5. The van der Waals surface area contributed by atoms with E-state index in [1.165, 1.54) is 5.56 Å². The molecule has 0 atom stereocenters. The zero-order valence-electron chi connectivity index (χ0n) is 16.0. The predicted molar refractivity (Wildman–Crippen MR) is 105 cm³/mol. The molecule has 0 aliphatic heterocycles. The fourth-order valence-electron chi connectivity index (χ4n) is 2.38. The molecule has 0 spiro atoms. The Kier molecular flexibility index (Phi) is 7.82. The molecule has 0 aromatic heterocycles. The van der Waals surface area contributed by atoms with Crippen molar-refractivity contribution in [3.05, 3.63) is 59.7 Å². The number of ether oxygens (including phenoxy) is 2. The molecular weight excluding hydrogens is 344 g/mol. The highest BCUT2D eigenvalue weighted by Gasteiger charge is 2.07. The van der Waals surface area contributed by atoms with Gasteiger partial charge in [0.25, 0.3) is 0 Å². The molecule has 6 nitrogen and oxygen atoms in total. The van der Waals surface area contributed by atoms with E-state index in [1.807, 2.05) is 48.5 Å². The van der Waals surface area contributed by atoms with Gasteiger partial charge in [-0.1, -0.05) is 38.1 Å². The highest BCUT2D eigenvalue weighted by atomic mass is 16.5. The predicted octanol–water partition coefficient (Wildman–Crippen LogP) is 3.09. The first kappa shape index (κ1) is 20.5. The summed E-state index contributed by atoms with van der Waals surface area (Å²) < 4.78 is 10.3. The van der Waals surface area contributed by atoms with E-state index in [9.17, 15) is 9.59 Å². The third-order valence-corrected chi connectivity index (χ3v) is 3.98. The Bertz CT molecular complexity index is 740. The van der Waals surface area contributed by atoms with Crippen molar-refractivity contribution in [1.82, 2.24) is 5.32 Å². The summed E-state index contributed by atoms with van der Waals surface area (Å²) in [5.74, 6) is 0.628. The molecule has 2 N–H and O–H groups in total. The van der Waals surface area contributed by atoms with Gasteiger partial charge in [-0.05, 0) is 41.3 Å². The number of benzene rings is 2. The van der Waals surface area contributed by atoms with E-state index in [2.05, 4.69) is 24.5 Å². The molecule has 2 amide bonds. The summed E-state index contributed by atoms with van der Waals surface area (Å²) in [6.07, 6.45) is 0. The van der Waals surface area contributed by atoms with Crippen LogP contribution < -0.4 is 15.4 Å². The van der Waals surface area contributed by atoms with E-state index in [0.717, 1.165) is 11.3 Å². The molecular formula is C21H26N2O4. The van der Waals surface area contributed by atoms with Gasteiger partial charge in [0.15, 0.2) is 0 Å². The fourth-order valence-corrected chi connectivity index (χ4v) is 2.38. The van der Waals surface area contributed by atoms with Crippen LogP contribution in [0.2, 0.25) is 0 Å². The van der Waals surface area contributed by atoms with Crippen molar-refractivity contribution in [1.29, 1.82) is 0 Å². The van der Waals surface area contributed by atoms with Gasteiger partial charge in [0.1, 0.15) is 19.0 Å². The van der Waals surface area contributed by atoms with Crippen LogP contribution >= 0.6 is 0 Å². The highest BCUT2D eigenvalue weighted by Crippen LogP contribution is 2.17. The second-order valence-corrected chi connectivity index (χ2v) is 6.44. The first-order chi connectivity index (χ1) is 13.0. The van der Waals surface area contributed by atoms with Crippen LogP contribution in [0, 0.1) is 0 Å². The summed E-state index contributed by atoms with van der Waals surface area (Å²) in [4.78, 5) is 23.7. The minimum Gasteiger partial charge on any atom is -0.497 e. The van der Waals surface area contributed by atoms with E-state index in [0.29, 0.717) is 18.2 Å². The minimum atomic E-state index is -0.296. The molecule has 0 heterocycles. The summed E-state index contributed by atoms with van der Waals surface area (Å²) in [6.45, 7) is 4.26. The highest BCUT2D eigenvalue weighted by molar-refractivity contribution is 5.91. The number of rotatable bonds is 9. The molecule has 2 aromatic carbocycles. The Morgan fingerprint density at radius 1 is 0.926 bits per heavy atom. The number of amides is 2. The fraction of sp³-hybridized carbons (Fsp3) is 0.333. The van der Waals surface area contributed by atoms with E-state index in [-0.39, 0.29) is 25.0 Å². The Labute approximate surface area is 159 Å². The first-order valence-electron chi connectivity index (χ1n) is 8.85. The maximum absolute atomic E-state index is 11.9. The number of anilines is 1. The molecule has 6 heteroatoms. The van der Waals surface area contributed by atoms with Crippen LogP contribution in [0.25, 0.3) is 0 Å². The van der Waals surface area contributed by atoms with Crippen molar-refractivity contribution < 1.29 is 19.1 Å². The summed E-state index contributed by atoms with van der Waals surface area (Å²) in [6, 6.07) is 15.1. The quantitative estimate of drug-likeness (QED) is 0.711. The average Bonchev–Trinajstić information content (AvgIpc) is 2.67. The largest absolute Gasteiger partial charge is 0.497 e. The molecule has 0 aliphatic carbocycles. The molecule has 0 saturated heterocycles. The van der Waals surface area contributed by atoms with Crippen molar-refractivity contribution >= 4 is 17.5 Å². The van der Waals surface area contributed by atoms with Crippen molar-refractivity contribution in [2.75, 3.05) is 25.6 Å². The Morgan fingerprint density at radius 3 is 2.15 bits per heavy atom. The lowest BCUT2D eigenvalue weighted by Gasteiger charge is -2.09.